The van der Waals surface area contributed by atoms with E-state index in [1.54, 1.807) is 19.2 Å². The Labute approximate surface area is 182 Å². The summed E-state index contributed by atoms with van der Waals surface area (Å²) in [6, 6.07) is 11.0. The first-order chi connectivity index (χ1) is 15.0. The van der Waals surface area contributed by atoms with Crippen molar-refractivity contribution in [3.8, 4) is 0 Å². The van der Waals surface area contributed by atoms with Gasteiger partial charge in [-0.25, -0.2) is 0 Å². The summed E-state index contributed by atoms with van der Waals surface area (Å²) >= 11 is 0. The van der Waals surface area contributed by atoms with Crippen LogP contribution < -0.4 is 5.32 Å². The molecular weight excluding hydrogens is 392 g/mol. The van der Waals surface area contributed by atoms with Crippen LogP contribution in [0.15, 0.2) is 36.4 Å². The number of carbonyl (C=O) groups excluding carboxylic acids is 3. The molecule has 0 fully saturated rings. The number of imide groups is 1. The van der Waals surface area contributed by atoms with Crippen LogP contribution in [0.5, 0.6) is 0 Å². The van der Waals surface area contributed by atoms with Crippen molar-refractivity contribution in [2.45, 2.75) is 45.1 Å². The van der Waals surface area contributed by atoms with Crippen molar-refractivity contribution in [2.75, 3.05) is 20.3 Å². The van der Waals surface area contributed by atoms with Crippen molar-refractivity contribution in [1.82, 2.24) is 10.2 Å². The topological polar surface area (TPSA) is 75.7 Å². The van der Waals surface area contributed by atoms with Gasteiger partial charge >= 0.3 is 0 Å². The van der Waals surface area contributed by atoms with E-state index in [0.717, 1.165) is 18.4 Å². The summed E-state index contributed by atoms with van der Waals surface area (Å²) in [6.45, 7) is 2.74. The Kier molecular flexibility index (Phi) is 6.18. The summed E-state index contributed by atoms with van der Waals surface area (Å²) in [7, 11) is 1.58. The smallest absolute Gasteiger partial charge is 0.261 e. The number of rotatable bonds is 7. The fourth-order valence-electron chi connectivity index (χ4n) is 4.39. The fraction of sp³-hybridized carbons (Fsp3) is 0.400. The first-order valence-corrected chi connectivity index (χ1v) is 10.9. The Bertz CT molecular complexity index is 1030. The van der Waals surface area contributed by atoms with Crippen LogP contribution in [-0.4, -0.2) is 42.9 Å². The third-order valence-corrected chi connectivity index (χ3v) is 6.18. The largest absolute Gasteiger partial charge is 0.385 e. The average molecular weight is 421 g/mol. The number of benzene rings is 2. The van der Waals surface area contributed by atoms with Crippen molar-refractivity contribution in [3.05, 3.63) is 69.8 Å². The minimum atomic E-state index is -0.353. The van der Waals surface area contributed by atoms with E-state index in [1.165, 1.54) is 34.9 Å². The second-order valence-electron chi connectivity index (χ2n) is 8.30. The van der Waals surface area contributed by atoms with E-state index in [-0.39, 0.29) is 29.3 Å². The molecule has 3 amide bonds. The molecule has 2 aromatic rings. The maximum Gasteiger partial charge on any atom is 0.261 e. The van der Waals surface area contributed by atoms with Crippen molar-refractivity contribution in [1.29, 1.82) is 0 Å². The molecule has 0 aromatic heterocycles. The van der Waals surface area contributed by atoms with Crippen LogP contribution in [0.2, 0.25) is 0 Å². The first kappa shape index (κ1) is 21.2. The molecule has 0 bridgehead atoms. The number of carbonyl (C=O) groups is 3. The maximum absolute atomic E-state index is 12.9. The SMILES string of the molecule is COCCCN1C(=O)c2ccc(C(=O)N[C@@H](C)c3ccc4c(c3)CCCC4)cc2C1=O. The molecule has 31 heavy (non-hydrogen) atoms. The number of fused-ring (bicyclic) bond motifs is 2. The summed E-state index contributed by atoms with van der Waals surface area (Å²) in [5.41, 5.74) is 4.87. The second-order valence-corrected chi connectivity index (χ2v) is 8.30. The van der Waals surface area contributed by atoms with E-state index in [0.29, 0.717) is 30.7 Å². The molecule has 1 aliphatic carbocycles. The van der Waals surface area contributed by atoms with Gasteiger partial charge in [0.2, 0.25) is 0 Å². The van der Waals surface area contributed by atoms with Gasteiger partial charge in [-0.3, -0.25) is 19.3 Å². The Balaban J connectivity index is 1.47. The monoisotopic (exact) mass is 420 g/mol. The molecule has 2 aromatic carbocycles. The molecule has 0 saturated heterocycles. The van der Waals surface area contributed by atoms with Crippen LogP contribution in [0.4, 0.5) is 0 Å². The Morgan fingerprint density at radius 3 is 2.55 bits per heavy atom. The van der Waals surface area contributed by atoms with Crippen molar-refractivity contribution in [2.24, 2.45) is 0 Å². The lowest BCUT2D eigenvalue weighted by molar-refractivity contribution is 0.0638. The van der Waals surface area contributed by atoms with Crippen LogP contribution in [0.25, 0.3) is 0 Å². The van der Waals surface area contributed by atoms with Crippen LogP contribution in [0.3, 0.4) is 0 Å². The number of ether oxygens (including phenoxy) is 1. The zero-order chi connectivity index (χ0) is 22.0. The number of nitrogens with one attached hydrogen (secondary N) is 1. The summed E-state index contributed by atoms with van der Waals surface area (Å²) < 4.78 is 5.00. The van der Waals surface area contributed by atoms with Gasteiger partial charge in [0.05, 0.1) is 17.2 Å². The summed E-state index contributed by atoms with van der Waals surface area (Å²) in [5.74, 6) is -0.926. The second kappa shape index (κ2) is 9.02. The molecule has 1 atom stereocenters. The standard InChI is InChI=1S/C25H28N2O4/c1-16(18-9-8-17-6-3-4-7-19(17)14-18)26-23(28)20-10-11-21-22(15-20)25(30)27(24(21)29)12-5-13-31-2/h8-11,14-16H,3-7,12-13H2,1-2H3,(H,26,28)/t16-/m0/s1. The maximum atomic E-state index is 12.9. The third kappa shape index (κ3) is 4.26. The van der Waals surface area contributed by atoms with E-state index in [9.17, 15) is 14.4 Å². The molecule has 4 rings (SSSR count). The van der Waals surface area contributed by atoms with Crippen molar-refractivity contribution >= 4 is 17.7 Å². The average Bonchev–Trinajstić information content (AvgIpc) is 3.03. The summed E-state index contributed by atoms with van der Waals surface area (Å²) in [6.07, 6.45) is 5.24. The molecular formula is C25H28N2O4. The van der Waals surface area contributed by atoms with E-state index in [1.807, 2.05) is 6.92 Å². The van der Waals surface area contributed by atoms with Crippen LogP contribution in [0.1, 0.15) is 80.0 Å². The molecule has 1 N–H and O–H groups in total. The van der Waals surface area contributed by atoms with Gasteiger partial charge < -0.3 is 10.1 Å². The molecule has 1 heterocycles. The third-order valence-electron chi connectivity index (χ3n) is 6.18. The Morgan fingerprint density at radius 1 is 1.03 bits per heavy atom. The quantitative estimate of drug-likeness (QED) is 0.548. The zero-order valence-electron chi connectivity index (χ0n) is 18.1. The normalized spacial score (nSPS) is 16.1. The first-order valence-electron chi connectivity index (χ1n) is 10.9. The number of amides is 3. The van der Waals surface area contributed by atoms with Crippen molar-refractivity contribution < 1.29 is 19.1 Å². The van der Waals surface area contributed by atoms with Gasteiger partial charge in [0.1, 0.15) is 0 Å². The van der Waals surface area contributed by atoms with Gasteiger partial charge in [-0.1, -0.05) is 18.2 Å². The van der Waals surface area contributed by atoms with Crippen LogP contribution in [-0.2, 0) is 17.6 Å². The molecule has 6 nitrogen and oxygen atoms in total. The summed E-state index contributed by atoms with van der Waals surface area (Å²) in [5, 5.41) is 3.02. The van der Waals surface area contributed by atoms with Gasteiger partial charge in [0.15, 0.2) is 0 Å². The highest BCUT2D eigenvalue weighted by Crippen LogP contribution is 2.26. The number of aryl methyl sites for hydroxylation is 2. The highest BCUT2D eigenvalue weighted by atomic mass is 16.5. The van der Waals surface area contributed by atoms with Crippen molar-refractivity contribution in [3.63, 3.8) is 0 Å². The molecule has 2 aliphatic rings. The molecule has 6 heteroatoms. The Morgan fingerprint density at radius 2 is 1.77 bits per heavy atom. The Hall–Kier alpha value is -2.99. The molecule has 0 radical (unpaired) electrons. The van der Waals surface area contributed by atoms with Crippen LogP contribution >= 0.6 is 0 Å². The number of hydrogen-bond acceptors (Lipinski definition) is 4. The minimum Gasteiger partial charge on any atom is -0.385 e. The lowest BCUT2D eigenvalue weighted by atomic mass is 9.89. The molecule has 162 valence electrons. The molecule has 0 saturated carbocycles. The van der Waals surface area contributed by atoms with E-state index < -0.39 is 0 Å². The fourth-order valence-corrected chi connectivity index (χ4v) is 4.39. The van der Waals surface area contributed by atoms with E-state index >= 15 is 0 Å². The molecule has 1 aliphatic heterocycles. The summed E-state index contributed by atoms with van der Waals surface area (Å²) in [4.78, 5) is 39.3. The van der Waals surface area contributed by atoms with Gasteiger partial charge in [-0.2, -0.15) is 0 Å². The highest BCUT2D eigenvalue weighted by molar-refractivity contribution is 6.22. The van der Waals surface area contributed by atoms with Gasteiger partial charge in [-0.15, -0.1) is 0 Å². The number of methoxy groups -OCH3 is 1. The van der Waals surface area contributed by atoms with E-state index in [4.69, 9.17) is 4.74 Å². The van der Waals surface area contributed by atoms with E-state index in [2.05, 4.69) is 23.5 Å². The predicted molar refractivity (Wildman–Crippen MR) is 117 cm³/mol. The van der Waals surface area contributed by atoms with Gasteiger partial charge in [0.25, 0.3) is 17.7 Å². The lowest BCUT2D eigenvalue weighted by Crippen LogP contribution is -2.31. The van der Waals surface area contributed by atoms with Gasteiger partial charge in [-0.05, 0) is 73.9 Å². The lowest BCUT2D eigenvalue weighted by Gasteiger charge is -2.20. The predicted octanol–water partition coefficient (Wildman–Crippen LogP) is 3.69. The molecule has 0 spiro atoms. The minimum absolute atomic E-state index is 0.157. The molecule has 0 unspecified atom stereocenters. The van der Waals surface area contributed by atoms with Gasteiger partial charge in [0, 0.05) is 25.8 Å². The number of nitrogens with zero attached hydrogens (tertiary/aromatic N) is 1. The zero-order valence-corrected chi connectivity index (χ0v) is 18.1. The highest BCUT2D eigenvalue weighted by Gasteiger charge is 2.35. The number of hydrogen-bond donors (Lipinski definition) is 1. The van der Waals surface area contributed by atoms with Crippen LogP contribution in [0, 0.1) is 0 Å².